The van der Waals surface area contributed by atoms with Gasteiger partial charge in [0.25, 0.3) is 0 Å². The molecule has 1 N–H and O–H groups in total. The lowest BCUT2D eigenvalue weighted by Crippen LogP contribution is -1.84. The summed E-state index contributed by atoms with van der Waals surface area (Å²) >= 11 is 0. The van der Waals surface area contributed by atoms with Crippen LogP contribution >= 0.6 is 0 Å². The summed E-state index contributed by atoms with van der Waals surface area (Å²) in [6, 6.07) is 0. The van der Waals surface area contributed by atoms with Crippen molar-refractivity contribution in [2.75, 3.05) is 0 Å². The van der Waals surface area contributed by atoms with Crippen LogP contribution in [0.25, 0.3) is 0 Å². The van der Waals surface area contributed by atoms with Crippen LogP contribution in [0.5, 0.6) is 0 Å². The quantitative estimate of drug-likeness (QED) is 0.146. The molecule has 0 rings (SSSR count). The smallest absolute Gasteiger partial charge is 0.488 e. The Hall–Kier alpha value is -1.31. The second kappa shape index (κ2) is 1.96. The Labute approximate surface area is 33.3 Å². The first kappa shape index (κ1) is 4.69. The van der Waals surface area contributed by atoms with E-state index in [0.29, 0.717) is 0 Å². The lowest BCUT2D eigenvalue weighted by molar-refractivity contribution is -0.472. The van der Waals surface area contributed by atoms with Gasteiger partial charge in [-0.2, -0.15) is 0 Å². The van der Waals surface area contributed by atoms with Crippen molar-refractivity contribution in [2.24, 2.45) is 5.28 Å². The van der Waals surface area contributed by atoms with Crippen LogP contribution in [-0.2, 0) is 0 Å². The second-order valence-corrected chi connectivity index (χ2v) is 0.462. The third-order valence-corrected chi connectivity index (χ3v) is 0.167. The van der Waals surface area contributed by atoms with E-state index in [1.807, 2.05) is 5.28 Å². The Morgan fingerprint density at radius 2 is 2.50 bits per heavy atom. The lowest BCUT2D eigenvalue weighted by atomic mass is 11.4. The Morgan fingerprint density at radius 1 is 2.00 bits per heavy atom. The van der Waals surface area contributed by atoms with Gasteiger partial charge in [-0.1, -0.05) is 0 Å². The van der Waals surface area contributed by atoms with Gasteiger partial charge in [-0.15, -0.1) is 0 Å². The molecule has 0 saturated carbocycles. The standard InChI is InChI=1S/CHN3O2/c2-1-4(6)3-5/h5H. The van der Waals surface area contributed by atoms with Crippen molar-refractivity contribution in [1.82, 2.24) is 0 Å². The van der Waals surface area contributed by atoms with E-state index in [2.05, 4.69) is 0 Å². The Kier molecular flexibility index (Phi) is 1.53. The lowest BCUT2D eigenvalue weighted by Gasteiger charge is -1.80. The first-order valence-electron chi connectivity index (χ1n) is 1.03. The molecule has 0 spiro atoms. The molecule has 0 aromatic heterocycles. The minimum Gasteiger partial charge on any atom is -0.680 e. The molecule has 5 heteroatoms. The highest BCUT2D eigenvalue weighted by Gasteiger charge is 1.75. The Morgan fingerprint density at radius 3 is 2.50 bits per heavy atom. The molecule has 0 heterocycles. The first-order valence-corrected chi connectivity index (χ1v) is 1.03. The molecule has 5 nitrogen and oxygen atoms in total. The number of nitrogens with zero attached hydrogens (tertiary/aromatic N) is 3. The largest absolute Gasteiger partial charge is 0.680 e. The molecule has 0 aromatic carbocycles. The molecular weight excluding hydrogens is 86.0 g/mol. The van der Waals surface area contributed by atoms with Gasteiger partial charge in [0.2, 0.25) is 0 Å². The van der Waals surface area contributed by atoms with E-state index in [1.165, 1.54) is 0 Å². The second-order valence-electron chi connectivity index (χ2n) is 0.462. The maximum atomic E-state index is 9.32. The van der Waals surface area contributed by atoms with Crippen molar-refractivity contribution in [3.05, 3.63) is 5.21 Å². The van der Waals surface area contributed by atoms with Crippen molar-refractivity contribution < 1.29 is 10.1 Å². The molecule has 0 amide bonds. The van der Waals surface area contributed by atoms with Crippen LogP contribution < -0.4 is 0 Å². The molecule has 0 aromatic rings. The maximum absolute atomic E-state index is 9.32. The van der Waals surface area contributed by atoms with Crippen molar-refractivity contribution in [1.29, 1.82) is 5.26 Å². The molecule has 0 aliphatic carbocycles. The van der Waals surface area contributed by atoms with Crippen molar-refractivity contribution in [2.45, 2.75) is 0 Å². The fourth-order valence-electron chi connectivity index (χ4n) is 0.0200. The van der Waals surface area contributed by atoms with Gasteiger partial charge in [-0.25, -0.2) is 0 Å². The van der Waals surface area contributed by atoms with Crippen LogP contribution in [0.4, 0.5) is 0 Å². The summed E-state index contributed by atoms with van der Waals surface area (Å²) in [6.07, 6.45) is 0.976. The monoisotopic (exact) mass is 87.0 g/mol. The number of nitriles is 1. The number of rotatable bonds is 0. The molecule has 0 radical (unpaired) electrons. The Bertz CT molecular complexity index is 99.9. The molecular formula is CHN3O2. The number of hydrogen-bond acceptors (Lipinski definition) is 3. The zero-order valence-corrected chi connectivity index (χ0v) is 2.70. The van der Waals surface area contributed by atoms with Crippen LogP contribution in [0.2, 0.25) is 0 Å². The van der Waals surface area contributed by atoms with E-state index < -0.39 is 4.86 Å². The number of hydroxylamine groups is 1. The summed E-state index contributed by atoms with van der Waals surface area (Å²) < 4.78 is 0. The van der Waals surface area contributed by atoms with Gasteiger partial charge >= 0.3 is 6.19 Å². The van der Waals surface area contributed by atoms with Crippen LogP contribution in [-0.4, -0.2) is 10.1 Å². The molecule has 0 fully saturated rings. The fourth-order valence-corrected chi connectivity index (χ4v) is 0.0200. The van der Waals surface area contributed by atoms with Gasteiger partial charge in [0.15, 0.2) is 5.26 Å². The molecule has 0 aliphatic heterocycles. The number of hydrogen-bond donors (Lipinski definition) is 1. The summed E-state index contributed by atoms with van der Waals surface area (Å²) in [4.78, 5) is -0.514. The average molecular weight is 87.0 g/mol. The van der Waals surface area contributed by atoms with Gasteiger partial charge in [0.1, 0.15) is 5.28 Å². The fraction of sp³-hybridized carbons (Fsp3) is 0. The van der Waals surface area contributed by atoms with E-state index >= 15 is 0 Å². The highest BCUT2D eigenvalue weighted by atomic mass is 16.6. The van der Waals surface area contributed by atoms with E-state index in [0.717, 1.165) is 6.19 Å². The summed E-state index contributed by atoms with van der Waals surface area (Å²) in [7, 11) is 0. The van der Waals surface area contributed by atoms with Gasteiger partial charge in [-0.3, -0.25) is 0 Å². The van der Waals surface area contributed by atoms with E-state index in [9.17, 15) is 5.21 Å². The van der Waals surface area contributed by atoms with Gasteiger partial charge in [0.05, 0.1) is 0 Å². The zero-order chi connectivity index (χ0) is 4.99. The summed E-state index contributed by atoms with van der Waals surface area (Å²) in [5.41, 5.74) is 0. The van der Waals surface area contributed by atoms with Crippen molar-refractivity contribution in [3.8, 4) is 6.19 Å². The molecule has 0 saturated heterocycles. The van der Waals surface area contributed by atoms with E-state index in [4.69, 9.17) is 10.5 Å². The molecule has 32 valence electrons. The van der Waals surface area contributed by atoms with Crippen LogP contribution in [0.15, 0.2) is 5.28 Å². The van der Waals surface area contributed by atoms with Crippen LogP contribution in [0.1, 0.15) is 0 Å². The van der Waals surface area contributed by atoms with Crippen molar-refractivity contribution >= 4 is 0 Å². The third-order valence-electron chi connectivity index (χ3n) is 0.167. The van der Waals surface area contributed by atoms with E-state index in [-0.39, 0.29) is 0 Å². The predicted octanol–water partition coefficient (Wildman–Crippen LogP) is -0.181. The molecule has 0 unspecified atom stereocenters. The van der Waals surface area contributed by atoms with E-state index in [1.54, 1.807) is 0 Å². The minimum atomic E-state index is -0.514. The average Bonchev–Trinajstić information content (AvgIpc) is 1.65. The normalized spacial score (nSPS) is 10.2. The molecule has 0 aliphatic rings. The molecule has 0 bridgehead atoms. The van der Waals surface area contributed by atoms with Gasteiger partial charge in [0, 0.05) is 0 Å². The highest BCUT2D eigenvalue weighted by Crippen LogP contribution is 1.60. The van der Waals surface area contributed by atoms with Crippen molar-refractivity contribution in [3.63, 3.8) is 0 Å². The SMILES string of the molecule is N#C[N+]([O-])=NO. The minimum absolute atomic E-state index is 0.514. The van der Waals surface area contributed by atoms with Gasteiger partial charge in [-0.05, 0) is 4.86 Å². The third kappa shape index (κ3) is 1.06. The maximum Gasteiger partial charge on any atom is 0.488 e. The van der Waals surface area contributed by atoms with Crippen LogP contribution in [0, 0.1) is 16.7 Å². The summed E-state index contributed by atoms with van der Waals surface area (Å²) in [5, 5.41) is 26.0. The molecule has 0 atom stereocenters. The Balaban J connectivity index is 3.61. The molecule has 6 heavy (non-hydrogen) atoms. The highest BCUT2D eigenvalue weighted by molar-refractivity contribution is 4.37. The predicted molar refractivity (Wildman–Crippen MR) is 13.5 cm³/mol. The van der Waals surface area contributed by atoms with Gasteiger partial charge < -0.3 is 10.4 Å². The first-order chi connectivity index (χ1) is 2.81. The summed E-state index contributed by atoms with van der Waals surface area (Å²) in [5.74, 6) is 0. The topological polar surface area (TPSA) is 82.5 Å². The van der Waals surface area contributed by atoms with Crippen LogP contribution in [0.3, 0.4) is 0 Å². The zero-order valence-electron chi connectivity index (χ0n) is 2.70. The summed E-state index contributed by atoms with van der Waals surface area (Å²) in [6.45, 7) is 0.